The second-order valence-corrected chi connectivity index (χ2v) is 11.4. The summed E-state index contributed by atoms with van der Waals surface area (Å²) in [4.78, 5) is 24.9. The summed E-state index contributed by atoms with van der Waals surface area (Å²) in [6, 6.07) is 19.0. The van der Waals surface area contributed by atoms with Gasteiger partial charge in [0.1, 0.15) is 18.4 Å². The van der Waals surface area contributed by atoms with Crippen molar-refractivity contribution in [3.63, 3.8) is 0 Å². The fourth-order valence-electron chi connectivity index (χ4n) is 4.36. The van der Waals surface area contributed by atoms with Crippen LogP contribution in [0, 0.1) is 5.92 Å². The number of carboxylic acids is 1. The molecule has 2 atom stereocenters. The topological polar surface area (TPSA) is 75.6 Å². The van der Waals surface area contributed by atoms with E-state index in [2.05, 4.69) is 44.5 Å². The van der Waals surface area contributed by atoms with E-state index in [0.29, 0.717) is 32.8 Å². The lowest BCUT2D eigenvalue weighted by molar-refractivity contribution is -0.141. The number of ether oxygens (including phenoxy) is 1. The van der Waals surface area contributed by atoms with Crippen molar-refractivity contribution in [3.05, 3.63) is 129 Å². The Morgan fingerprint density at radius 1 is 0.955 bits per heavy atom. The van der Waals surface area contributed by atoms with Crippen LogP contribution in [0.15, 0.2) is 97.6 Å². The van der Waals surface area contributed by atoms with E-state index < -0.39 is 12.0 Å². The zero-order valence-electron chi connectivity index (χ0n) is 25.4. The maximum Gasteiger partial charge on any atom is 0.326 e. The molecule has 3 aromatic carbocycles. The summed E-state index contributed by atoms with van der Waals surface area (Å²) in [5.74, 6) is -0.642. The Kier molecular flexibility index (Phi) is 15.8. The van der Waals surface area contributed by atoms with E-state index in [1.54, 1.807) is 42.5 Å². The number of halogens is 3. The standard InChI is InChI=1S/C34H36Cl3NO4.C2H4/c1-4-22(2)26(8-5-7-23(3)25-13-15-27(35)16-14-25)20-32(34(40)41)38-33(39)19-24-11-17-28(18-12-24)42-21-29-30(36)9-6-10-31(29)37;1-2/h6-18,22,32H,4-5,19-21H2,1-3H3,(H,38,39)(H,40,41);1-2H2/b23-7+,26-8-;. The Balaban J connectivity index is 0.00000330. The van der Waals surface area contributed by atoms with Gasteiger partial charge >= 0.3 is 5.97 Å². The van der Waals surface area contributed by atoms with Crippen molar-refractivity contribution in [1.82, 2.24) is 5.32 Å². The normalized spacial score (nSPS) is 12.9. The van der Waals surface area contributed by atoms with E-state index in [1.807, 2.05) is 31.2 Å². The number of nitrogens with one attached hydrogen (secondary N) is 1. The molecule has 0 aliphatic carbocycles. The first-order chi connectivity index (χ1) is 21.1. The fourth-order valence-corrected chi connectivity index (χ4v) is 4.99. The molecule has 0 fully saturated rings. The summed E-state index contributed by atoms with van der Waals surface area (Å²) < 4.78 is 5.80. The van der Waals surface area contributed by atoms with Crippen molar-refractivity contribution in [1.29, 1.82) is 0 Å². The van der Waals surface area contributed by atoms with Gasteiger partial charge in [-0.05, 0) is 85.2 Å². The summed E-state index contributed by atoms with van der Waals surface area (Å²) in [6.45, 7) is 12.4. The second kappa shape index (κ2) is 19.0. The van der Waals surface area contributed by atoms with Gasteiger partial charge in [0.25, 0.3) is 0 Å². The minimum atomic E-state index is -1.06. The lowest BCUT2D eigenvalue weighted by Crippen LogP contribution is -2.42. The van der Waals surface area contributed by atoms with E-state index in [1.165, 1.54) is 0 Å². The number of hydrogen-bond acceptors (Lipinski definition) is 3. The van der Waals surface area contributed by atoms with Crippen LogP contribution in [0.2, 0.25) is 15.1 Å². The maximum absolute atomic E-state index is 12.8. The largest absolute Gasteiger partial charge is 0.489 e. The molecule has 0 heterocycles. The molecule has 234 valence electrons. The molecule has 5 nitrogen and oxygen atoms in total. The van der Waals surface area contributed by atoms with Gasteiger partial charge in [-0.25, -0.2) is 4.79 Å². The Labute approximate surface area is 276 Å². The number of benzene rings is 3. The van der Waals surface area contributed by atoms with Gasteiger partial charge < -0.3 is 15.2 Å². The number of amides is 1. The number of rotatable bonds is 14. The zero-order valence-corrected chi connectivity index (χ0v) is 27.7. The van der Waals surface area contributed by atoms with Crippen LogP contribution in [0.1, 0.15) is 56.7 Å². The van der Waals surface area contributed by atoms with Gasteiger partial charge in [0.2, 0.25) is 5.91 Å². The molecule has 0 aliphatic heterocycles. The van der Waals surface area contributed by atoms with Gasteiger partial charge in [-0.1, -0.05) is 96.7 Å². The number of allylic oxidation sites excluding steroid dienone is 3. The molecular formula is C36H40Cl3NO4. The average molecular weight is 657 g/mol. The lowest BCUT2D eigenvalue weighted by Gasteiger charge is -2.20. The van der Waals surface area contributed by atoms with Crippen molar-refractivity contribution in [2.24, 2.45) is 5.92 Å². The quantitative estimate of drug-likeness (QED) is 0.169. The molecule has 3 aromatic rings. The zero-order chi connectivity index (χ0) is 32.6. The van der Waals surface area contributed by atoms with E-state index in [0.717, 1.165) is 28.7 Å². The molecule has 0 saturated carbocycles. The Morgan fingerprint density at radius 2 is 1.57 bits per heavy atom. The molecule has 0 bridgehead atoms. The van der Waals surface area contributed by atoms with E-state index >= 15 is 0 Å². The van der Waals surface area contributed by atoms with Gasteiger partial charge in [0.15, 0.2) is 0 Å². The minimum absolute atomic E-state index is 0.0474. The third-order valence-electron chi connectivity index (χ3n) is 7.16. The molecule has 1 amide bonds. The van der Waals surface area contributed by atoms with Gasteiger partial charge in [0.05, 0.1) is 6.42 Å². The molecule has 2 unspecified atom stereocenters. The smallest absolute Gasteiger partial charge is 0.326 e. The Morgan fingerprint density at radius 3 is 2.14 bits per heavy atom. The average Bonchev–Trinajstić information content (AvgIpc) is 3.01. The summed E-state index contributed by atoms with van der Waals surface area (Å²) >= 11 is 18.4. The van der Waals surface area contributed by atoms with Crippen LogP contribution >= 0.6 is 34.8 Å². The predicted octanol–water partition coefficient (Wildman–Crippen LogP) is 10.00. The van der Waals surface area contributed by atoms with Gasteiger partial charge in [0, 0.05) is 20.6 Å². The van der Waals surface area contributed by atoms with E-state index in [4.69, 9.17) is 39.5 Å². The Hall–Kier alpha value is -3.51. The minimum Gasteiger partial charge on any atom is -0.489 e. The van der Waals surface area contributed by atoms with E-state index in [-0.39, 0.29) is 31.3 Å². The highest BCUT2D eigenvalue weighted by atomic mass is 35.5. The molecule has 44 heavy (non-hydrogen) atoms. The Bertz CT molecular complexity index is 1410. The highest BCUT2D eigenvalue weighted by Gasteiger charge is 2.23. The third-order valence-corrected chi connectivity index (χ3v) is 8.12. The lowest BCUT2D eigenvalue weighted by atomic mass is 9.91. The molecular weight excluding hydrogens is 617 g/mol. The third kappa shape index (κ3) is 11.9. The summed E-state index contributed by atoms with van der Waals surface area (Å²) in [5, 5.41) is 14.4. The van der Waals surface area contributed by atoms with Gasteiger partial charge in [-0.3, -0.25) is 4.79 Å². The van der Waals surface area contributed by atoms with Gasteiger partial charge in [-0.2, -0.15) is 0 Å². The molecule has 2 N–H and O–H groups in total. The first-order valence-corrected chi connectivity index (χ1v) is 15.5. The first kappa shape index (κ1) is 36.7. The fraction of sp³-hybridized carbons (Fsp3) is 0.278. The molecule has 8 heteroatoms. The van der Waals surface area contributed by atoms with Crippen molar-refractivity contribution in [2.75, 3.05) is 0 Å². The molecule has 3 rings (SSSR count). The second-order valence-electron chi connectivity index (χ2n) is 10.2. The van der Waals surface area contributed by atoms with Crippen LogP contribution < -0.4 is 10.1 Å². The number of aliphatic carboxylic acids is 1. The number of carbonyl (C=O) groups is 2. The number of hydrogen-bond donors (Lipinski definition) is 2. The van der Waals surface area contributed by atoms with Crippen molar-refractivity contribution >= 4 is 52.3 Å². The summed E-state index contributed by atoms with van der Waals surface area (Å²) in [6.07, 6.45) is 5.99. The highest BCUT2D eigenvalue weighted by molar-refractivity contribution is 6.36. The van der Waals surface area contributed by atoms with Crippen molar-refractivity contribution in [3.8, 4) is 5.75 Å². The molecule has 0 aliphatic rings. The van der Waals surface area contributed by atoms with Crippen LogP contribution in [0.3, 0.4) is 0 Å². The number of carbonyl (C=O) groups excluding carboxylic acids is 1. The maximum atomic E-state index is 12.8. The van der Waals surface area contributed by atoms with Crippen LogP contribution in [0.4, 0.5) is 0 Å². The van der Waals surface area contributed by atoms with Gasteiger partial charge in [-0.15, -0.1) is 13.2 Å². The monoisotopic (exact) mass is 655 g/mol. The molecule has 0 radical (unpaired) electrons. The summed E-state index contributed by atoms with van der Waals surface area (Å²) in [5.41, 5.74) is 4.63. The van der Waals surface area contributed by atoms with Crippen molar-refractivity contribution in [2.45, 2.75) is 59.1 Å². The molecule has 0 saturated heterocycles. The SMILES string of the molecule is C=C.CCC(C)/C(=C\C/C=C(\C)c1ccc(Cl)cc1)CC(NC(=O)Cc1ccc(OCc2c(Cl)cccc2Cl)cc1)C(=O)O. The van der Waals surface area contributed by atoms with Crippen LogP contribution in [0.25, 0.3) is 5.57 Å². The predicted molar refractivity (Wildman–Crippen MR) is 184 cm³/mol. The first-order valence-electron chi connectivity index (χ1n) is 14.4. The highest BCUT2D eigenvalue weighted by Crippen LogP contribution is 2.26. The van der Waals surface area contributed by atoms with E-state index in [9.17, 15) is 14.7 Å². The summed E-state index contributed by atoms with van der Waals surface area (Å²) in [7, 11) is 0. The van der Waals surface area contributed by atoms with Crippen LogP contribution in [-0.2, 0) is 22.6 Å². The van der Waals surface area contributed by atoms with Crippen molar-refractivity contribution < 1.29 is 19.4 Å². The molecule has 0 aromatic heterocycles. The number of carboxylic acid groups (broad SMARTS) is 1. The van der Waals surface area contributed by atoms with Crippen LogP contribution in [-0.4, -0.2) is 23.0 Å². The molecule has 0 spiro atoms. The van der Waals surface area contributed by atoms with Crippen LogP contribution in [0.5, 0.6) is 5.75 Å².